The molecule has 1 N–H and O–H groups in total. The number of piperazine rings is 1. The third-order valence-corrected chi connectivity index (χ3v) is 4.36. The largest absolute Gasteiger partial charge is 0.365 e. The second kappa shape index (κ2) is 4.58. The molecule has 0 unspecified atom stereocenters. The number of nitrogens with one attached hydrogen (secondary N) is 1. The molecule has 98 valence electrons. The lowest BCUT2D eigenvalue weighted by molar-refractivity contribution is 0.199. The summed E-state index contributed by atoms with van der Waals surface area (Å²) in [6.07, 6.45) is 5.43. The van der Waals surface area contributed by atoms with Gasteiger partial charge in [-0.05, 0) is 38.8 Å². The molecule has 1 aliphatic heterocycles. The summed E-state index contributed by atoms with van der Waals surface area (Å²) in [6.45, 7) is 5.76. The number of fused-ring (bicyclic) bond motifs is 1. The third-order valence-electron chi connectivity index (χ3n) is 4.36. The average Bonchev–Trinajstić information content (AvgIpc) is 2.38. The van der Waals surface area contributed by atoms with E-state index < -0.39 is 0 Å². The van der Waals surface area contributed by atoms with E-state index in [-0.39, 0.29) is 5.54 Å². The van der Waals surface area contributed by atoms with E-state index in [0.29, 0.717) is 12.1 Å². The molecular formula is C16H24N2. The van der Waals surface area contributed by atoms with E-state index in [9.17, 15) is 0 Å². The molecule has 0 aromatic heterocycles. The smallest absolute Gasteiger partial charge is 0.0444 e. The molecule has 3 rings (SSSR count). The van der Waals surface area contributed by atoms with Crippen molar-refractivity contribution in [2.75, 3.05) is 11.4 Å². The van der Waals surface area contributed by atoms with Crippen LogP contribution in [0.1, 0.15) is 39.5 Å². The normalized spacial score (nSPS) is 30.9. The highest BCUT2D eigenvalue weighted by molar-refractivity contribution is 5.49. The van der Waals surface area contributed by atoms with Gasteiger partial charge < -0.3 is 10.2 Å². The molecule has 1 aromatic carbocycles. The monoisotopic (exact) mass is 244 g/mol. The van der Waals surface area contributed by atoms with Gasteiger partial charge in [-0.15, -0.1) is 0 Å². The number of anilines is 1. The van der Waals surface area contributed by atoms with Crippen LogP contribution in [0.3, 0.4) is 0 Å². The molecule has 1 aromatic rings. The summed E-state index contributed by atoms with van der Waals surface area (Å²) >= 11 is 0. The van der Waals surface area contributed by atoms with Gasteiger partial charge in [0, 0.05) is 29.9 Å². The summed E-state index contributed by atoms with van der Waals surface area (Å²) in [5.74, 6) is 0. The zero-order valence-electron chi connectivity index (χ0n) is 11.5. The highest BCUT2D eigenvalue weighted by Crippen LogP contribution is 2.33. The van der Waals surface area contributed by atoms with Crippen molar-refractivity contribution in [2.24, 2.45) is 0 Å². The van der Waals surface area contributed by atoms with Gasteiger partial charge in [0.05, 0.1) is 0 Å². The minimum Gasteiger partial charge on any atom is -0.365 e. The predicted molar refractivity (Wildman–Crippen MR) is 77.0 cm³/mol. The second-order valence-corrected chi connectivity index (χ2v) is 6.45. The summed E-state index contributed by atoms with van der Waals surface area (Å²) in [5, 5.41) is 3.85. The molecule has 2 aliphatic rings. The van der Waals surface area contributed by atoms with Crippen molar-refractivity contribution in [3.63, 3.8) is 0 Å². The van der Waals surface area contributed by atoms with Crippen molar-refractivity contribution in [2.45, 2.75) is 57.2 Å². The van der Waals surface area contributed by atoms with Gasteiger partial charge in [0.1, 0.15) is 0 Å². The Morgan fingerprint density at radius 3 is 2.61 bits per heavy atom. The number of para-hydroxylation sites is 1. The van der Waals surface area contributed by atoms with E-state index in [1.54, 1.807) is 0 Å². The molecule has 0 bridgehead atoms. The number of hydrogen-bond acceptors (Lipinski definition) is 2. The third kappa shape index (κ3) is 2.26. The summed E-state index contributed by atoms with van der Waals surface area (Å²) in [4.78, 5) is 2.64. The SMILES string of the molecule is CC1(C)CN(c2ccccc2)[C@H]2CCCC[C@H]2N1. The average molecular weight is 244 g/mol. The van der Waals surface area contributed by atoms with Crippen LogP contribution < -0.4 is 10.2 Å². The van der Waals surface area contributed by atoms with Crippen molar-refractivity contribution in [3.05, 3.63) is 30.3 Å². The van der Waals surface area contributed by atoms with E-state index in [0.717, 1.165) is 6.54 Å². The van der Waals surface area contributed by atoms with Crippen LogP contribution in [-0.4, -0.2) is 24.2 Å². The minimum atomic E-state index is 0.217. The Morgan fingerprint density at radius 1 is 1.11 bits per heavy atom. The molecule has 2 atom stereocenters. The van der Waals surface area contributed by atoms with Crippen molar-refractivity contribution in [3.8, 4) is 0 Å². The Morgan fingerprint density at radius 2 is 1.83 bits per heavy atom. The molecule has 1 aliphatic carbocycles. The first-order valence-corrected chi connectivity index (χ1v) is 7.25. The Bertz CT molecular complexity index is 399. The van der Waals surface area contributed by atoms with Gasteiger partial charge in [-0.1, -0.05) is 31.0 Å². The van der Waals surface area contributed by atoms with Crippen LogP contribution in [0, 0.1) is 0 Å². The topological polar surface area (TPSA) is 15.3 Å². The standard InChI is InChI=1S/C16H24N2/c1-16(2)12-18(13-8-4-3-5-9-13)15-11-7-6-10-14(15)17-16/h3-5,8-9,14-15,17H,6-7,10-12H2,1-2H3/t14-,15+/m1/s1. The summed E-state index contributed by atoms with van der Waals surface area (Å²) in [6, 6.07) is 12.3. The zero-order chi connectivity index (χ0) is 12.6. The Balaban J connectivity index is 1.90. The molecule has 18 heavy (non-hydrogen) atoms. The van der Waals surface area contributed by atoms with E-state index in [1.807, 2.05) is 0 Å². The summed E-state index contributed by atoms with van der Waals surface area (Å²) in [5.41, 5.74) is 1.61. The van der Waals surface area contributed by atoms with Crippen LogP contribution in [0.5, 0.6) is 0 Å². The van der Waals surface area contributed by atoms with Gasteiger partial charge in [0.2, 0.25) is 0 Å². The number of nitrogens with zero attached hydrogens (tertiary/aromatic N) is 1. The number of hydrogen-bond donors (Lipinski definition) is 1. The van der Waals surface area contributed by atoms with E-state index in [1.165, 1.54) is 31.4 Å². The van der Waals surface area contributed by atoms with Crippen LogP contribution in [0.25, 0.3) is 0 Å². The molecule has 0 radical (unpaired) electrons. The minimum absolute atomic E-state index is 0.217. The maximum atomic E-state index is 3.85. The molecular weight excluding hydrogens is 220 g/mol. The fourth-order valence-electron chi connectivity index (χ4n) is 3.65. The van der Waals surface area contributed by atoms with Crippen molar-refractivity contribution >= 4 is 5.69 Å². The first-order valence-electron chi connectivity index (χ1n) is 7.25. The van der Waals surface area contributed by atoms with Crippen LogP contribution in [0.15, 0.2) is 30.3 Å². The highest BCUT2D eigenvalue weighted by Gasteiger charge is 2.40. The predicted octanol–water partition coefficient (Wildman–Crippen LogP) is 3.19. The van der Waals surface area contributed by atoms with Gasteiger partial charge in [0.15, 0.2) is 0 Å². The van der Waals surface area contributed by atoms with Crippen LogP contribution in [0.2, 0.25) is 0 Å². The molecule has 1 saturated heterocycles. The van der Waals surface area contributed by atoms with Crippen LogP contribution in [0.4, 0.5) is 5.69 Å². The van der Waals surface area contributed by atoms with Crippen molar-refractivity contribution in [1.82, 2.24) is 5.32 Å². The van der Waals surface area contributed by atoms with Gasteiger partial charge >= 0.3 is 0 Å². The fourth-order valence-corrected chi connectivity index (χ4v) is 3.65. The van der Waals surface area contributed by atoms with E-state index >= 15 is 0 Å². The van der Waals surface area contributed by atoms with Gasteiger partial charge in [-0.3, -0.25) is 0 Å². The maximum Gasteiger partial charge on any atom is 0.0444 e. The summed E-state index contributed by atoms with van der Waals surface area (Å²) < 4.78 is 0. The Hall–Kier alpha value is -1.02. The van der Waals surface area contributed by atoms with Crippen LogP contribution in [-0.2, 0) is 0 Å². The van der Waals surface area contributed by atoms with E-state index in [2.05, 4.69) is 54.4 Å². The van der Waals surface area contributed by atoms with E-state index in [4.69, 9.17) is 0 Å². The Labute approximate surface area is 110 Å². The second-order valence-electron chi connectivity index (χ2n) is 6.45. The maximum absolute atomic E-state index is 3.85. The quantitative estimate of drug-likeness (QED) is 0.816. The van der Waals surface area contributed by atoms with Crippen molar-refractivity contribution in [1.29, 1.82) is 0 Å². The highest BCUT2D eigenvalue weighted by atomic mass is 15.3. The zero-order valence-corrected chi connectivity index (χ0v) is 11.5. The number of rotatable bonds is 1. The van der Waals surface area contributed by atoms with Gasteiger partial charge in [0.25, 0.3) is 0 Å². The lowest BCUT2D eigenvalue weighted by atomic mass is 9.83. The lowest BCUT2D eigenvalue weighted by Gasteiger charge is -2.52. The van der Waals surface area contributed by atoms with Gasteiger partial charge in [-0.2, -0.15) is 0 Å². The first-order chi connectivity index (χ1) is 8.66. The molecule has 1 heterocycles. The molecule has 0 spiro atoms. The first kappa shape index (κ1) is 12.0. The molecule has 2 nitrogen and oxygen atoms in total. The molecule has 2 fully saturated rings. The lowest BCUT2D eigenvalue weighted by Crippen LogP contribution is -2.67. The van der Waals surface area contributed by atoms with Crippen LogP contribution >= 0.6 is 0 Å². The number of benzene rings is 1. The fraction of sp³-hybridized carbons (Fsp3) is 0.625. The molecule has 1 saturated carbocycles. The molecule has 2 heteroatoms. The Kier molecular flexibility index (Phi) is 3.06. The molecule has 0 amide bonds. The van der Waals surface area contributed by atoms with Gasteiger partial charge in [-0.25, -0.2) is 0 Å². The van der Waals surface area contributed by atoms with Crippen molar-refractivity contribution < 1.29 is 0 Å². The summed E-state index contributed by atoms with van der Waals surface area (Å²) in [7, 11) is 0.